The van der Waals surface area contributed by atoms with Gasteiger partial charge in [0.1, 0.15) is 5.69 Å². The van der Waals surface area contributed by atoms with E-state index < -0.39 is 0 Å². The first kappa shape index (κ1) is 19.9. The van der Waals surface area contributed by atoms with Crippen LogP contribution in [0.15, 0.2) is 48.8 Å². The molecular formula is C22H29N5O. The second-order valence-electron chi connectivity index (χ2n) is 8.35. The van der Waals surface area contributed by atoms with Crippen molar-refractivity contribution in [1.29, 1.82) is 0 Å². The van der Waals surface area contributed by atoms with Crippen molar-refractivity contribution >= 4 is 5.91 Å². The lowest BCUT2D eigenvalue weighted by atomic mass is 10.1. The maximum absolute atomic E-state index is 12.8. The van der Waals surface area contributed by atoms with Crippen molar-refractivity contribution in [1.82, 2.24) is 24.9 Å². The van der Waals surface area contributed by atoms with E-state index in [4.69, 9.17) is 0 Å². The Bertz CT molecular complexity index is 932. The maximum atomic E-state index is 12.8. The van der Waals surface area contributed by atoms with Gasteiger partial charge in [-0.2, -0.15) is 10.2 Å². The highest BCUT2D eigenvalue weighted by Crippen LogP contribution is 2.23. The van der Waals surface area contributed by atoms with E-state index in [9.17, 15) is 4.79 Å². The van der Waals surface area contributed by atoms with E-state index in [0.29, 0.717) is 24.7 Å². The molecular weight excluding hydrogens is 350 g/mol. The molecule has 0 spiro atoms. The smallest absolute Gasteiger partial charge is 0.272 e. The Balaban J connectivity index is 1.75. The van der Waals surface area contributed by atoms with Crippen LogP contribution in [0.4, 0.5) is 0 Å². The van der Waals surface area contributed by atoms with Crippen LogP contribution in [0.2, 0.25) is 0 Å². The molecule has 0 saturated carbocycles. The zero-order chi connectivity index (χ0) is 20.3. The van der Waals surface area contributed by atoms with Crippen LogP contribution in [0.1, 0.15) is 67.8 Å². The number of nitrogens with zero attached hydrogens (tertiary/aromatic N) is 4. The van der Waals surface area contributed by atoms with Crippen LogP contribution in [-0.4, -0.2) is 25.5 Å². The summed E-state index contributed by atoms with van der Waals surface area (Å²) in [4.78, 5) is 12.8. The highest BCUT2D eigenvalue weighted by Gasteiger charge is 2.23. The first-order chi connectivity index (χ1) is 13.3. The van der Waals surface area contributed by atoms with Gasteiger partial charge in [0, 0.05) is 24.6 Å². The minimum atomic E-state index is -0.172. The van der Waals surface area contributed by atoms with Gasteiger partial charge in [-0.1, -0.05) is 38.1 Å². The third-order valence-corrected chi connectivity index (χ3v) is 4.65. The summed E-state index contributed by atoms with van der Waals surface area (Å²) in [5, 5.41) is 11.9. The van der Waals surface area contributed by atoms with Gasteiger partial charge in [0.05, 0.1) is 12.1 Å². The van der Waals surface area contributed by atoms with E-state index in [1.807, 2.05) is 45.9 Å². The van der Waals surface area contributed by atoms with Crippen molar-refractivity contribution in [2.24, 2.45) is 0 Å². The molecule has 2 heterocycles. The second-order valence-corrected chi connectivity index (χ2v) is 8.35. The van der Waals surface area contributed by atoms with E-state index in [1.54, 1.807) is 6.20 Å². The van der Waals surface area contributed by atoms with Gasteiger partial charge in [0.2, 0.25) is 0 Å². The fourth-order valence-electron chi connectivity index (χ4n) is 3.17. The minimum Gasteiger partial charge on any atom is -0.347 e. The highest BCUT2D eigenvalue weighted by atomic mass is 16.1. The van der Waals surface area contributed by atoms with Crippen molar-refractivity contribution in [2.45, 2.75) is 59.2 Å². The van der Waals surface area contributed by atoms with Gasteiger partial charge in [-0.15, -0.1) is 0 Å². The molecule has 6 heteroatoms. The molecule has 0 aliphatic rings. The zero-order valence-corrected chi connectivity index (χ0v) is 17.3. The Morgan fingerprint density at radius 1 is 1.14 bits per heavy atom. The molecule has 3 rings (SSSR count). The van der Waals surface area contributed by atoms with Gasteiger partial charge in [-0.05, 0) is 49.9 Å². The molecule has 0 saturated heterocycles. The van der Waals surface area contributed by atoms with Gasteiger partial charge >= 0.3 is 0 Å². The number of rotatable bonds is 6. The third kappa shape index (κ3) is 4.50. The van der Waals surface area contributed by atoms with Gasteiger partial charge in [0.25, 0.3) is 5.91 Å². The number of nitrogens with one attached hydrogen (secondary N) is 1. The first-order valence-electron chi connectivity index (χ1n) is 9.68. The van der Waals surface area contributed by atoms with E-state index in [1.165, 1.54) is 0 Å². The van der Waals surface area contributed by atoms with Crippen molar-refractivity contribution in [3.63, 3.8) is 0 Å². The molecule has 0 aliphatic carbocycles. The van der Waals surface area contributed by atoms with Gasteiger partial charge < -0.3 is 5.32 Å². The monoisotopic (exact) mass is 379 g/mol. The Kier molecular flexibility index (Phi) is 5.68. The predicted molar refractivity (Wildman–Crippen MR) is 110 cm³/mol. The van der Waals surface area contributed by atoms with Gasteiger partial charge in [-0.3, -0.25) is 14.2 Å². The quantitative estimate of drug-likeness (QED) is 0.706. The second kappa shape index (κ2) is 8.00. The number of amides is 1. The average Bonchev–Trinajstić information content (AvgIpc) is 3.30. The van der Waals surface area contributed by atoms with Gasteiger partial charge in [0.15, 0.2) is 0 Å². The maximum Gasteiger partial charge on any atom is 0.272 e. The summed E-state index contributed by atoms with van der Waals surface area (Å²) in [7, 11) is 0. The van der Waals surface area contributed by atoms with Crippen LogP contribution in [0.25, 0.3) is 0 Å². The summed E-state index contributed by atoms with van der Waals surface area (Å²) in [6.45, 7) is 11.7. The molecule has 0 atom stereocenters. The Hall–Kier alpha value is -2.89. The van der Waals surface area contributed by atoms with E-state index in [2.05, 4.69) is 56.2 Å². The lowest BCUT2D eigenvalue weighted by Gasteiger charge is -2.23. The fourth-order valence-corrected chi connectivity index (χ4v) is 3.17. The summed E-state index contributed by atoms with van der Waals surface area (Å²) in [6.07, 6.45) is 3.70. The highest BCUT2D eigenvalue weighted by molar-refractivity contribution is 5.92. The number of benzene rings is 1. The molecule has 3 aromatic rings. The molecule has 1 aromatic carbocycles. The largest absolute Gasteiger partial charge is 0.347 e. The number of aromatic nitrogens is 4. The molecule has 148 valence electrons. The molecule has 1 amide bonds. The van der Waals surface area contributed by atoms with Crippen LogP contribution < -0.4 is 5.32 Å². The summed E-state index contributed by atoms with van der Waals surface area (Å²) in [5.41, 5.74) is 3.56. The Morgan fingerprint density at radius 2 is 1.86 bits per heavy atom. The number of hydrogen-bond donors (Lipinski definition) is 1. The normalized spacial score (nSPS) is 11.8. The van der Waals surface area contributed by atoms with Crippen molar-refractivity contribution < 1.29 is 4.79 Å². The van der Waals surface area contributed by atoms with E-state index >= 15 is 0 Å². The zero-order valence-electron chi connectivity index (χ0n) is 17.3. The summed E-state index contributed by atoms with van der Waals surface area (Å²) in [5.74, 6) is 0.141. The van der Waals surface area contributed by atoms with Crippen molar-refractivity contribution in [2.75, 3.05) is 0 Å². The summed E-state index contributed by atoms with van der Waals surface area (Å²) < 4.78 is 3.83. The number of carbonyl (C=O) groups excluding carboxylic acids is 1. The summed E-state index contributed by atoms with van der Waals surface area (Å²) in [6, 6.07) is 11.9. The molecule has 2 aromatic heterocycles. The van der Waals surface area contributed by atoms with E-state index in [-0.39, 0.29) is 11.4 Å². The van der Waals surface area contributed by atoms with Crippen LogP contribution in [-0.2, 0) is 18.6 Å². The van der Waals surface area contributed by atoms with Crippen molar-refractivity contribution in [3.8, 4) is 0 Å². The van der Waals surface area contributed by atoms with Crippen LogP contribution in [0.5, 0.6) is 0 Å². The molecule has 0 unspecified atom stereocenters. The SMILES string of the molecule is CC(C)c1cc(C(=O)NCc2ccccc2Cn2cccn2)nn1C(C)(C)C. The molecule has 6 nitrogen and oxygen atoms in total. The van der Waals surface area contributed by atoms with Gasteiger partial charge in [-0.25, -0.2) is 0 Å². The molecule has 28 heavy (non-hydrogen) atoms. The average molecular weight is 380 g/mol. The van der Waals surface area contributed by atoms with Crippen LogP contribution in [0, 0.1) is 0 Å². The third-order valence-electron chi connectivity index (χ3n) is 4.65. The first-order valence-corrected chi connectivity index (χ1v) is 9.68. The lowest BCUT2D eigenvalue weighted by molar-refractivity contribution is 0.0944. The molecule has 0 fully saturated rings. The van der Waals surface area contributed by atoms with Crippen LogP contribution >= 0.6 is 0 Å². The number of hydrogen-bond acceptors (Lipinski definition) is 3. The molecule has 0 radical (unpaired) electrons. The van der Waals surface area contributed by atoms with Crippen LogP contribution in [0.3, 0.4) is 0 Å². The fraction of sp³-hybridized carbons (Fsp3) is 0.409. The Labute approximate surface area is 166 Å². The standard InChI is InChI=1S/C22H29N5O/c1-16(2)20-13-19(25-27(20)22(3,4)5)21(28)23-14-17-9-6-7-10-18(17)15-26-12-8-11-24-26/h6-13,16H,14-15H2,1-5H3,(H,23,28). The Morgan fingerprint density at radius 3 is 2.43 bits per heavy atom. The lowest BCUT2D eigenvalue weighted by Crippen LogP contribution is -2.27. The predicted octanol–water partition coefficient (Wildman–Crippen LogP) is 3.94. The molecule has 1 N–H and O–H groups in total. The molecule has 0 aliphatic heterocycles. The molecule has 0 bridgehead atoms. The van der Waals surface area contributed by atoms with E-state index in [0.717, 1.165) is 16.8 Å². The topological polar surface area (TPSA) is 64.7 Å². The summed E-state index contributed by atoms with van der Waals surface area (Å²) >= 11 is 0. The minimum absolute atomic E-state index is 0.154. The number of carbonyl (C=O) groups is 1. The van der Waals surface area contributed by atoms with Crippen molar-refractivity contribution in [3.05, 3.63) is 71.3 Å².